The van der Waals surface area contributed by atoms with Gasteiger partial charge in [0.05, 0.1) is 25.0 Å². The fourth-order valence-corrected chi connectivity index (χ4v) is 1.85. The van der Waals surface area contributed by atoms with Crippen LogP contribution in [0.2, 0.25) is 0 Å². The lowest BCUT2D eigenvalue weighted by Gasteiger charge is -2.06. The van der Waals surface area contributed by atoms with Gasteiger partial charge in [-0.25, -0.2) is 4.79 Å². The smallest absolute Gasteiger partial charge is 0.337 e. The SMILES string of the molecule is CCOC=C(Cc1ccsc1)C(=O)OCC. The quantitative estimate of drug-likeness (QED) is 0.436. The Morgan fingerprint density at radius 2 is 2.25 bits per heavy atom. The number of esters is 1. The molecule has 0 radical (unpaired) electrons. The molecular formula is C12H16O3S. The molecule has 88 valence electrons. The first kappa shape index (κ1) is 12.8. The van der Waals surface area contributed by atoms with Crippen LogP contribution in [0.15, 0.2) is 28.7 Å². The highest BCUT2D eigenvalue weighted by Gasteiger charge is 2.12. The van der Waals surface area contributed by atoms with Crippen LogP contribution in [0, 0.1) is 0 Å². The van der Waals surface area contributed by atoms with Crippen molar-refractivity contribution in [3.05, 3.63) is 34.2 Å². The van der Waals surface area contributed by atoms with Gasteiger partial charge in [0.1, 0.15) is 0 Å². The van der Waals surface area contributed by atoms with Crippen LogP contribution in [-0.2, 0) is 20.7 Å². The van der Waals surface area contributed by atoms with E-state index in [1.807, 2.05) is 23.8 Å². The molecule has 0 bridgehead atoms. The van der Waals surface area contributed by atoms with Gasteiger partial charge in [-0.05, 0) is 36.2 Å². The topological polar surface area (TPSA) is 35.5 Å². The van der Waals surface area contributed by atoms with Crippen LogP contribution in [0.25, 0.3) is 0 Å². The molecule has 4 heteroatoms. The first-order chi connectivity index (χ1) is 7.77. The Kier molecular flexibility index (Phi) is 5.64. The number of rotatable bonds is 6. The van der Waals surface area contributed by atoms with Crippen LogP contribution in [0.5, 0.6) is 0 Å². The van der Waals surface area contributed by atoms with E-state index in [9.17, 15) is 4.79 Å². The minimum atomic E-state index is -0.304. The molecule has 0 saturated heterocycles. The van der Waals surface area contributed by atoms with Crippen molar-refractivity contribution >= 4 is 17.3 Å². The third-order valence-electron chi connectivity index (χ3n) is 1.90. The van der Waals surface area contributed by atoms with E-state index in [-0.39, 0.29) is 5.97 Å². The number of thiophene rings is 1. The molecule has 1 aromatic heterocycles. The Balaban J connectivity index is 2.67. The highest BCUT2D eigenvalue weighted by molar-refractivity contribution is 7.07. The zero-order chi connectivity index (χ0) is 11.8. The molecule has 0 aliphatic carbocycles. The summed E-state index contributed by atoms with van der Waals surface area (Å²) in [6.07, 6.45) is 2.05. The van der Waals surface area contributed by atoms with Gasteiger partial charge in [-0.1, -0.05) is 0 Å². The summed E-state index contributed by atoms with van der Waals surface area (Å²) in [6, 6.07) is 1.99. The Morgan fingerprint density at radius 1 is 1.44 bits per heavy atom. The van der Waals surface area contributed by atoms with Gasteiger partial charge in [0.2, 0.25) is 0 Å². The number of hydrogen-bond acceptors (Lipinski definition) is 4. The molecule has 0 N–H and O–H groups in total. The molecule has 1 heterocycles. The third kappa shape index (κ3) is 4.06. The molecule has 16 heavy (non-hydrogen) atoms. The lowest BCUT2D eigenvalue weighted by Crippen LogP contribution is -2.10. The van der Waals surface area contributed by atoms with Crippen molar-refractivity contribution in [1.29, 1.82) is 0 Å². The van der Waals surface area contributed by atoms with Gasteiger partial charge in [-0.2, -0.15) is 11.3 Å². The molecule has 3 nitrogen and oxygen atoms in total. The van der Waals surface area contributed by atoms with Gasteiger partial charge < -0.3 is 9.47 Å². The maximum atomic E-state index is 11.6. The van der Waals surface area contributed by atoms with E-state index in [2.05, 4.69) is 0 Å². The summed E-state index contributed by atoms with van der Waals surface area (Å²) in [5.74, 6) is -0.304. The van der Waals surface area contributed by atoms with Crippen molar-refractivity contribution in [3.63, 3.8) is 0 Å². The third-order valence-corrected chi connectivity index (χ3v) is 2.64. The van der Waals surface area contributed by atoms with Crippen LogP contribution >= 0.6 is 11.3 Å². The largest absolute Gasteiger partial charge is 0.501 e. The van der Waals surface area contributed by atoms with Crippen LogP contribution < -0.4 is 0 Å². The van der Waals surface area contributed by atoms with Crippen molar-refractivity contribution in [2.45, 2.75) is 20.3 Å². The van der Waals surface area contributed by atoms with E-state index in [4.69, 9.17) is 9.47 Å². The maximum Gasteiger partial charge on any atom is 0.337 e. The van der Waals surface area contributed by atoms with E-state index >= 15 is 0 Å². The van der Waals surface area contributed by atoms with Gasteiger partial charge in [0.15, 0.2) is 0 Å². The van der Waals surface area contributed by atoms with E-state index in [1.54, 1.807) is 18.3 Å². The van der Waals surface area contributed by atoms with Crippen molar-refractivity contribution in [1.82, 2.24) is 0 Å². The van der Waals surface area contributed by atoms with Crippen molar-refractivity contribution in [2.75, 3.05) is 13.2 Å². The number of carbonyl (C=O) groups excluding carboxylic acids is 1. The number of hydrogen-bond donors (Lipinski definition) is 0. The molecule has 0 saturated carbocycles. The van der Waals surface area contributed by atoms with Gasteiger partial charge in [-0.3, -0.25) is 0 Å². The average molecular weight is 240 g/mol. The summed E-state index contributed by atoms with van der Waals surface area (Å²) in [5.41, 5.74) is 1.66. The maximum absolute atomic E-state index is 11.6. The van der Waals surface area contributed by atoms with E-state index in [1.165, 1.54) is 6.26 Å². The predicted molar refractivity (Wildman–Crippen MR) is 64.4 cm³/mol. The molecule has 0 spiro atoms. The summed E-state index contributed by atoms with van der Waals surface area (Å²) in [6.45, 7) is 4.60. The Hall–Kier alpha value is -1.29. The zero-order valence-corrected chi connectivity index (χ0v) is 10.4. The van der Waals surface area contributed by atoms with Crippen LogP contribution in [0.1, 0.15) is 19.4 Å². The van der Waals surface area contributed by atoms with E-state index < -0.39 is 0 Å². The molecular weight excluding hydrogens is 224 g/mol. The number of ether oxygens (including phenoxy) is 2. The average Bonchev–Trinajstić information content (AvgIpc) is 2.77. The lowest BCUT2D eigenvalue weighted by atomic mass is 10.1. The molecule has 0 amide bonds. The molecule has 0 atom stereocenters. The summed E-state index contributed by atoms with van der Waals surface area (Å²) < 4.78 is 10.1. The zero-order valence-electron chi connectivity index (χ0n) is 9.56. The van der Waals surface area contributed by atoms with Crippen molar-refractivity contribution in [3.8, 4) is 0 Å². The minimum absolute atomic E-state index is 0.304. The van der Waals surface area contributed by atoms with Crippen molar-refractivity contribution < 1.29 is 14.3 Å². The van der Waals surface area contributed by atoms with Gasteiger partial charge >= 0.3 is 5.97 Å². The van der Waals surface area contributed by atoms with Gasteiger partial charge in [0, 0.05) is 6.42 Å². The standard InChI is InChI=1S/C12H16O3S/c1-3-14-8-11(12(13)15-4-2)7-10-5-6-16-9-10/h5-6,8-9H,3-4,7H2,1-2H3. The lowest BCUT2D eigenvalue weighted by molar-refractivity contribution is -0.138. The minimum Gasteiger partial charge on any atom is -0.501 e. The molecule has 0 unspecified atom stereocenters. The second-order valence-corrected chi connectivity index (χ2v) is 3.91. The van der Waals surface area contributed by atoms with Gasteiger partial charge in [0.25, 0.3) is 0 Å². The van der Waals surface area contributed by atoms with E-state index in [0.29, 0.717) is 25.2 Å². The molecule has 0 aliphatic heterocycles. The monoisotopic (exact) mass is 240 g/mol. The first-order valence-electron chi connectivity index (χ1n) is 5.26. The summed E-state index contributed by atoms with van der Waals surface area (Å²) in [7, 11) is 0. The van der Waals surface area contributed by atoms with E-state index in [0.717, 1.165) is 5.56 Å². The fourth-order valence-electron chi connectivity index (χ4n) is 1.18. The van der Waals surface area contributed by atoms with Crippen molar-refractivity contribution in [2.24, 2.45) is 0 Å². The predicted octanol–water partition coefficient (Wildman–Crippen LogP) is 2.77. The Bertz CT molecular complexity index is 341. The summed E-state index contributed by atoms with van der Waals surface area (Å²) >= 11 is 1.61. The molecule has 0 fully saturated rings. The summed E-state index contributed by atoms with van der Waals surface area (Å²) in [5, 5.41) is 4.00. The van der Waals surface area contributed by atoms with Crippen LogP contribution in [0.4, 0.5) is 0 Å². The molecule has 0 aliphatic rings. The number of carbonyl (C=O) groups is 1. The first-order valence-corrected chi connectivity index (χ1v) is 6.21. The van der Waals surface area contributed by atoms with Gasteiger partial charge in [-0.15, -0.1) is 0 Å². The van der Waals surface area contributed by atoms with Crippen LogP contribution in [0.3, 0.4) is 0 Å². The fraction of sp³-hybridized carbons (Fsp3) is 0.417. The summed E-state index contributed by atoms with van der Waals surface area (Å²) in [4.78, 5) is 11.6. The second kappa shape index (κ2) is 7.06. The second-order valence-electron chi connectivity index (χ2n) is 3.13. The Morgan fingerprint density at radius 3 is 2.81 bits per heavy atom. The molecule has 1 aromatic rings. The highest BCUT2D eigenvalue weighted by atomic mass is 32.1. The van der Waals surface area contributed by atoms with Crippen LogP contribution in [-0.4, -0.2) is 19.2 Å². The highest BCUT2D eigenvalue weighted by Crippen LogP contribution is 2.13. The molecule has 1 rings (SSSR count). The normalized spacial score (nSPS) is 11.2. The Labute approximate surface area is 99.7 Å². The molecule has 0 aromatic carbocycles.